The van der Waals surface area contributed by atoms with Gasteiger partial charge in [-0.3, -0.25) is 0 Å². The predicted molar refractivity (Wildman–Crippen MR) is 70.1 cm³/mol. The molecule has 2 N–H and O–H groups in total. The van der Waals surface area contributed by atoms with Gasteiger partial charge in [0.15, 0.2) is 9.84 Å². The highest BCUT2D eigenvalue weighted by molar-refractivity contribution is 7.92. The fraction of sp³-hybridized carbons (Fsp3) is 0.667. The van der Waals surface area contributed by atoms with E-state index in [1.165, 1.54) is 12.5 Å². The zero-order valence-corrected chi connectivity index (χ0v) is 12.0. The van der Waals surface area contributed by atoms with Crippen LogP contribution in [0.4, 0.5) is 0 Å². The van der Waals surface area contributed by atoms with Gasteiger partial charge in [-0.15, -0.1) is 0 Å². The van der Waals surface area contributed by atoms with Crippen LogP contribution in [0.25, 0.3) is 0 Å². The Balaban J connectivity index is 2.58. The van der Waals surface area contributed by atoms with Gasteiger partial charge in [0, 0.05) is 19.3 Å². The van der Waals surface area contributed by atoms with Gasteiger partial charge >= 0.3 is 0 Å². The third kappa shape index (κ3) is 3.57. The van der Waals surface area contributed by atoms with Crippen molar-refractivity contribution in [2.45, 2.75) is 31.1 Å². The number of hydrogen-bond donors (Lipinski definition) is 2. The summed E-state index contributed by atoms with van der Waals surface area (Å²) in [5.74, 6) is 0.451. The molecule has 0 bridgehead atoms. The summed E-state index contributed by atoms with van der Waals surface area (Å²) < 4.78 is 27.3. The summed E-state index contributed by atoms with van der Waals surface area (Å²) in [6.07, 6.45) is 2.70. The molecule has 6 heteroatoms. The Kier molecular flexibility index (Phi) is 4.25. The molecule has 0 amide bonds. The van der Waals surface area contributed by atoms with Crippen molar-refractivity contribution in [1.82, 2.24) is 5.32 Å². The molecule has 0 aromatic carbocycles. The van der Waals surface area contributed by atoms with E-state index in [0.717, 1.165) is 0 Å². The first kappa shape index (κ1) is 15.2. The average molecular weight is 275 g/mol. The smallest absolute Gasteiger partial charge is 0.153 e. The molecule has 0 spiro atoms. The first-order valence-electron chi connectivity index (χ1n) is 5.73. The first-order valence-corrected chi connectivity index (χ1v) is 7.62. The Morgan fingerprint density at radius 2 is 1.94 bits per heavy atom. The SMILES string of the molecule is CC(O)(CNCC(C)(C)S(C)(=O)=O)c1ccco1. The van der Waals surface area contributed by atoms with Gasteiger partial charge in [0.05, 0.1) is 11.0 Å². The van der Waals surface area contributed by atoms with E-state index in [1.54, 1.807) is 32.9 Å². The maximum atomic E-state index is 11.5. The highest BCUT2D eigenvalue weighted by Crippen LogP contribution is 2.20. The molecule has 18 heavy (non-hydrogen) atoms. The third-order valence-electron chi connectivity index (χ3n) is 3.08. The van der Waals surface area contributed by atoms with Crippen LogP contribution in [0.3, 0.4) is 0 Å². The molecule has 0 aliphatic rings. The van der Waals surface area contributed by atoms with E-state index in [0.29, 0.717) is 5.76 Å². The molecule has 0 aliphatic carbocycles. The van der Waals surface area contributed by atoms with Crippen LogP contribution in [0.1, 0.15) is 26.5 Å². The Bertz CT molecular complexity index is 474. The molecule has 104 valence electrons. The fourth-order valence-electron chi connectivity index (χ4n) is 1.41. The van der Waals surface area contributed by atoms with Crippen LogP contribution in [-0.4, -0.2) is 37.6 Å². The second kappa shape index (κ2) is 5.03. The standard InChI is InChI=1S/C12H21NO4S/c1-11(2,18(4,15)16)8-13-9-12(3,14)10-6-5-7-17-10/h5-7,13-14H,8-9H2,1-4H3. The van der Waals surface area contributed by atoms with Crippen LogP contribution in [0.15, 0.2) is 22.8 Å². The zero-order valence-electron chi connectivity index (χ0n) is 11.2. The molecule has 5 nitrogen and oxygen atoms in total. The number of hydrogen-bond acceptors (Lipinski definition) is 5. The molecule has 1 aromatic heterocycles. The first-order chi connectivity index (χ1) is 8.06. The van der Waals surface area contributed by atoms with Gasteiger partial charge in [-0.1, -0.05) is 0 Å². The summed E-state index contributed by atoms with van der Waals surface area (Å²) in [4.78, 5) is 0. The zero-order chi connectivity index (χ0) is 14.0. The number of furan rings is 1. The molecular formula is C12H21NO4S. The molecule has 0 aliphatic heterocycles. The van der Waals surface area contributed by atoms with E-state index >= 15 is 0 Å². The highest BCUT2D eigenvalue weighted by Gasteiger charge is 2.32. The topological polar surface area (TPSA) is 79.5 Å². The molecule has 0 saturated heterocycles. The van der Waals surface area contributed by atoms with Gasteiger partial charge in [-0.25, -0.2) is 8.42 Å². The number of aliphatic hydroxyl groups is 1. The molecule has 0 fully saturated rings. The van der Waals surface area contributed by atoms with Crippen LogP contribution in [0, 0.1) is 0 Å². The molecule has 1 heterocycles. The predicted octanol–water partition coefficient (Wildman–Crippen LogP) is 0.900. The van der Waals surface area contributed by atoms with Crippen LogP contribution in [-0.2, 0) is 15.4 Å². The lowest BCUT2D eigenvalue weighted by atomic mass is 10.0. The van der Waals surface area contributed by atoms with Gasteiger partial charge < -0.3 is 14.8 Å². The van der Waals surface area contributed by atoms with Crippen LogP contribution in [0.5, 0.6) is 0 Å². The van der Waals surface area contributed by atoms with Crippen LogP contribution < -0.4 is 5.32 Å². The summed E-state index contributed by atoms with van der Waals surface area (Å²) >= 11 is 0. The van der Waals surface area contributed by atoms with E-state index < -0.39 is 20.2 Å². The Hall–Kier alpha value is -0.850. The molecule has 1 unspecified atom stereocenters. The van der Waals surface area contributed by atoms with Crippen molar-refractivity contribution in [3.63, 3.8) is 0 Å². The van der Waals surface area contributed by atoms with Gasteiger partial charge in [0.25, 0.3) is 0 Å². The van der Waals surface area contributed by atoms with Crippen LogP contribution >= 0.6 is 0 Å². The number of rotatable bonds is 6. The van der Waals surface area contributed by atoms with E-state index in [-0.39, 0.29) is 13.1 Å². The second-order valence-corrected chi connectivity index (χ2v) is 8.04. The lowest BCUT2D eigenvalue weighted by Crippen LogP contribution is -2.45. The minimum atomic E-state index is -3.14. The lowest BCUT2D eigenvalue weighted by Gasteiger charge is -2.26. The second-order valence-electron chi connectivity index (χ2n) is 5.39. The Morgan fingerprint density at radius 3 is 2.39 bits per heavy atom. The van der Waals surface area contributed by atoms with Crippen molar-refractivity contribution in [2.24, 2.45) is 0 Å². The van der Waals surface area contributed by atoms with Crippen molar-refractivity contribution in [3.8, 4) is 0 Å². The van der Waals surface area contributed by atoms with Crippen molar-refractivity contribution < 1.29 is 17.9 Å². The van der Waals surface area contributed by atoms with Gasteiger partial charge in [0.2, 0.25) is 0 Å². The maximum Gasteiger partial charge on any atom is 0.153 e. The lowest BCUT2D eigenvalue weighted by molar-refractivity contribution is 0.0341. The van der Waals surface area contributed by atoms with Gasteiger partial charge in [0.1, 0.15) is 11.4 Å². The number of sulfone groups is 1. The molecule has 1 atom stereocenters. The van der Waals surface area contributed by atoms with Crippen molar-refractivity contribution >= 4 is 9.84 Å². The fourth-order valence-corrected chi connectivity index (χ4v) is 1.77. The van der Waals surface area contributed by atoms with E-state index in [1.807, 2.05) is 0 Å². The summed E-state index contributed by atoms with van der Waals surface area (Å²) in [5.41, 5.74) is -1.16. The third-order valence-corrected chi connectivity index (χ3v) is 5.23. The molecular weight excluding hydrogens is 254 g/mol. The minimum absolute atomic E-state index is 0.222. The summed E-state index contributed by atoms with van der Waals surface area (Å²) in [7, 11) is -3.14. The van der Waals surface area contributed by atoms with Gasteiger partial charge in [-0.05, 0) is 32.9 Å². The normalized spacial score (nSPS) is 16.5. The van der Waals surface area contributed by atoms with Crippen molar-refractivity contribution in [2.75, 3.05) is 19.3 Å². The Labute approximate surface area is 108 Å². The Morgan fingerprint density at radius 1 is 1.33 bits per heavy atom. The monoisotopic (exact) mass is 275 g/mol. The van der Waals surface area contributed by atoms with Crippen LogP contribution in [0.2, 0.25) is 0 Å². The van der Waals surface area contributed by atoms with Gasteiger partial charge in [-0.2, -0.15) is 0 Å². The molecule has 1 aromatic rings. The quantitative estimate of drug-likeness (QED) is 0.806. The molecule has 1 rings (SSSR count). The van der Waals surface area contributed by atoms with E-state index in [2.05, 4.69) is 5.32 Å². The largest absolute Gasteiger partial charge is 0.466 e. The minimum Gasteiger partial charge on any atom is -0.466 e. The van der Waals surface area contributed by atoms with Crippen molar-refractivity contribution in [3.05, 3.63) is 24.2 Å². The van der Waals surface area contributed by atoms with Crippen molar-refractivity contribution in [1.29, 1.82) is 0 Å². The average Bonchev–Trinajstić information content (AvgIpc) is 2.67. The van der Waals surface area contributed by atoms with E-state index in [9.17, 15) is 13.5 Å². The molecule has 0 radical (unpaired) electrons. The number of nitrogens with one attached hydrogen (secondary N) is 1. The summed E-state index contributed by atoms with van der Waals surface area (Å²) in [6.45, 7) is 5.41. The summed E-state index contributed by atoms with van der Waals surface area (Å²) in [6, 6.07) is 3.38. The molecule has 0 saturated carbocycles. The summed E-state index contributed by atoms with van der Waals surface area (Å²) in [5, 5.41) is 13.1. The highest BCUT2D eigenvalue weighted by atomic mass is 32.2. The van der Waals surface area contributed by atoms with E-state index in [4.69, 9.17) is 4.42 Å². The maximum absolute atomic E-state index is 11.5.